The highest BCUT2D eigenvalue weighted by Crippen LogP contribution is 2.27. The van der Waals surface area contributed by atoms with Crippen molar-refractivity contribution in [3.05, 3.63) is 39.7 Å². The number of pyridine rings is 1. The number of hydrogen-bond acceptors (Lipinski definition) is 4. The van der Waals surface area contributed by atoms with Crippen molar-refractivity contribution < 1.29 is 9.90 Å². The number of aromatic nitrogens is 1. The fourth-order valence-corrected chi connectivity index (χ4v) is 3.21. The van der Waals surface area contributed by atoms with E-state index in [1.54, 1.807) is 0 Å². The van der Waals surface area contributed by atoms with Gasteiger partial charge in [0.15, 0.2) is 0 Å². The van der Waals surface area contributed by atoms with Gasteiger partial charge in [-0.2, -0.15) is 0 Å². The van der Waals surface area contributed by atoms with Gasteiger partial charge in [-0.15, -0.1) is 24.8 Å². The van der Waals surface area contributed by atoms with Crippen LogP contribution >= 0.6 is 24.8 Å². The summed E-state index contributed by atoms with van der Waals surface area (Å²) >= 11 is 0. The first kappa shape index (κ1) is 22.3. The predicted octanol–water partition coefficient (Wildman–Crippen LogP) is 2.93. The van der Waals surface area contributed by atoms with Crippen LogP contribution in [0.2, 0.25) is 0 Å². The highest BCUT2D eigenvalue weighted by molar-refractivity contribution is 5.93. The van der Waals surface area contributed by atoms with E-state index in [2.05, 4.69) is 15.6 Å². The van der Waals surface area contributed by atoms with Gasteiger partial charge in [0.05, 0.1) is 17.1 Å². The van der Waals surface area contributed by atoms with Crippen molar-refractivity contribution >= 4 is 47.4 Å². The van der Waals surface area contributed by atoms with Crippen molar-refractivity contribution in [3.8, 4) is 0 Å². The zero-order valence-corrected chi connectivity index (χ0v) is 16.3. The zero-order chi connectivity index (χ0) is 17.1. The van der Waals surface area contributed by atoms with Gasteiger partial charge in [-0.05, 0) is 30.9 Å². The summed E-state index contributed by atoms with van der Waals surface area (Å²) in [4.78, 5) is 26.2. The lowest BCUT2D eigenvalue weighted by atomic mass is 10.0. The van der Waals surface area contributed by atoms with Gasteiger partial charge in [0.2, 0.25) is 0 Å². The Labute approximate surface area is 164 Å². The van der Waals surface area contributed by atoms with Crippen molar-refractivity contribution in [2.45, 2.75) is 32.7 Å². The Kier molecular flexibility index (Phi) is 8.40. The number of hydrogen-bond donors (Lipinski definition) is 4. The van der Waals surface area contributed by atoms with Crippen LogP contribution in [-0.2, 0) is 17.8 Å². The molecule has 1 unspecified atom stereocenters. The molecule has 4 N–H and O–H groups in total. The number of halogens is 2. The number of H-pyrrole nitrogens is 1. The minimum atomic E-state index is -0.773. The molecule has 0 saturated carbocycles. The SMILES string of the molecule is CCC(CNCc1ccc2c3c(c(=O)[nH]c2c1)CCCN3)C(=O)O.Cl.Cl. The van der Waals surface area contributed by atoms with Crippen molar-refractivity contribution in [2.75, 3.05) is 18.4 Å². The van der Waals surface area contributed by atoms with E-state index in [1.165, 1.54) is 0 Å². The van der Waals surface area contributed by atoms with Crippen LogP contribution in [0.1, 0.15) is 30.9 Å². The Hall–Kier alpha value is -1.76. The smallest absolute Gasteiger partial charge is 0.307 e. The van der Waals surface area contributed by atoms with E-state index in [4.69, 9.17) is 5.11 Å². The molecule has 6 nitrogen and oxygen atoms in total. The van der Waals surface area contributed by atoms with Gasteiger partial charge in [-0.25, -0.2) is 0 Å². The van der Waals surface area contributed by atoms with Crippen LogP contribution in [0.5, 0.6) is 0 Å². The van der Waals surface area contributed by atoms with Crippen LogP contribution in [0.25, 0.3) is 10.9 Å². The molecular weight excluding hydrogens is 377 g/mol. The Morgan fingerprint density at radius 3 is 2.81 bits per heavy atom. The molecule has 0 radical (unpaired) electrons. The van der Waals surface area contributed by atoms with Crippen LogP contribution in [0.3, 0.4) is 0 Å². The van der Waals surface area contributed by atoms with E-state index in [9.17, 15) is 9.59 Å². The number of carbonyl (C=O) groups is 1. The molecule has 1 aromatic heterocycles. The van der Waals surface area contributed by atoms with Crippen molar-refractivity contribution in [2.24, 2.45) is 5.92 Å². The first-order valence-corrected chi connectivity index (χ1v) is 8.45. The summed E-state index contributed by atoms with van der Waals surface area (Å²) in [5.41, 5.74) is 3.61. The Balaban J connectivity index is 0.00000169. The summed E-state index contributed by atoms with van der Waals surface area (Å²) in [6, 6.07) is 6.00. The molecule has 2 heterocycles. The van der Waals surface area contributed by atoms with E-state index < -0.39 is 5.97 Å². The Morgan fingerprint density at radius 2 is 2.12 bits per heavy atom. The summed E-state index contributed by atoms with van der Waals surface area (Å²) in [6.07, 6.45) is 2.39. The first-order valence-electron chi connectivity index (χ1n) is 8.45. The maximum atomic E-state index is 12.2. The maximum absolute atomic E-state index is 12.2. The average Bonchev–Trinajstić information content (AvgIpc) is 2.58. The Bertz CT molecular complexity index is 823. The molecule has 0 aliphatic carbocycles. The van der Waals surface area contributed by atoms with Crippen molar-refractivity contribution in [3.63, 3.8) is 0 Å². The fourth-order valence-electron chi connectivity index (χ4n) is 3.21. The van der Waals surface area contributed by atoms with Gasteiger partial charge in [0.25, 0.3) is 5.56 Å². The topological polar surface area (TPSA) is 94.2 Å². The van der Waals surface area contributed by atoms with Gasteiger partial charge in [0.1, 0.15) is 0 Å². The van der Waals surface area contributed by atoms with E-state index in [0.29, 0.717) is 19.5 Å². The molecule has 8 heteroatoms. The molecule has 1 atom stereocenters. The molecule has 0 saturated heterocycles. The number of carboxylic acids is 1. The van der Waals surface area contributed by atoms with Gasteiger partial charge in [-0.3, -0.25) is 9.59 Å². The maximum Gasteiger partial charge on any atom is 0.307 e. The number of benzene rings is 1. The number of aliphatic carboxylic acids is 1. The molecule has 0 bridgehead atoms. The first-order chi connectivity index (χ1) is 11.6. The van der Waals surface area contributed by atoms with E-state index in [-0.39, 0.29) is 36.3 Å². The number of fused-ring (bicyclic) bond motifs is 3. The number of carboxylic acid groups (broad SMARTS) is 1. The van der Waals surface area contributed by atoms with E-state index >= 15 is 0 Å². The molecule has 1 aromatic carbocycles. The summed E-state index contributed by atoms with van der Waals surface area (Å²) in [6.45, 7) is 3.78. The second-order valence-electron chi connectivity index (χ2n) is 6.29. The summed E-state index contributed by atoms with van der Waals surface area (Å²) in [7, 11) is 0. The number of aromatic amines is 1. The lowest BCUT2D eigenvalue weighted by Gasteiger charge is -2.19. The standard InChI is InChI=1S/C18H23N3O3.2ClH/c1-2-12(18(23)24)10-19-9-11-5-6-13-15(8-11)21-17(22)14-4-3-7-20-16(13)14;;/h5-6,8,12,19-20H,2-4,7,9-10H2,1H3,(H,21,22)(H,23,24);2*1H. The summed E-state index contributed by atoms with van der Waals surface area (Å²) in [5, 5.41) is 16.6. The minimum absolute atomic E-state index is 0. The normalized spacial score (nSPS) is 13.7. The second kappa shape index (κ2) is 9.80. The molecule has 26 heavy (non-hydrogen) atoms. The van der Waals surface area contributed by atoms with Crippen LogP contribution in [0, 0.1) is 5.92 Å². The molecule has 144 valence electrons. The molecule has 1 aliphatic heterocycles. The summed E-state index contributed by atoms with van der Waals surface area (Å²) < 4.78 is 0. The predicted molar refractivity (Wildman–Crippen MR) is 109 cm³/mol. The van der Waals surface area contributed by atoms with Gasteiger partial charge < -0.3 is 20.7 Å². The quantitative estimate of drug-likeness (QED) is 0.596. The third-order valence-electron chi connectivity index (χ3n) is 4.64. The highest BCUT2D eigenvalue weighted by Gasteiger charge is 2.16. The van der Waals surface area contributed by atoms with E-state index in [0.717, 1.165) is 47.1 Å². The third-order valence-corrected chi connectivity index (χ3v) is 4.64. The van der Waals surface area contributed by atoms with Crippen LogP contribution < -0.4 is 16.2 Å². The zero-order valence-electron chi connectivity index (χ0n) is 14.6. The lowest BCUT2D eigenvalue weighted by Crippen LogP contribution is -2.27. The Morgan fingerprint density at radius 1 is 1.35 bits per heavy atom. The average molecular weight is 402 g/mol. The van der Waals surface area contributed by atoms with E-state index in [1.807, 2.05) is 25.1 Å². The minimum Gasteiger partial charge on any atom is -0.481 e. The number of rotatable bonds is 6. The van der Waals surface area contributed by atoms with Crippen molar-refractivity contribution in [1.29, 1.82) is 0 Å². The van der Waals surface area contributed by atoms with Crippen molar-refractivity contribution in [1.82, 2.24) is 10.3 Å². The summed E-state index contributed by atoms with van der Waals surface area (Å²) in [5.74, 6) is -1.15. The molecule has 2 aromatic rings. The highest BCUT2D eigenvalue weighted by atomic mass is 35.5. The number of nitrogens with one attached hydrogen (secondary N) is 3. The van der Waals surface area contributed by atoms with Gasteiger partial charge >= 0.3 is 5.97 Å². The van der Waals surface area contributed by atoms with Crippen LogP contribution in [0.15, 0.2) is 23.0 Å². The molecule has 0 spiro atoms. The lowest BCUT2D eigenvalue weighted by molar-refractivity contribution is -0.141. The van der Waals surface area contributed by atoms with Crippen LogP contribution in [0.4, 0.5) is 5.69 Å². The fraction of sp³-hybridized carbons (Fsp3) is 0.444. The number of anilines is 1. The molecule has 1 aliphatic rings. The molecule has 3 rings (SSSR count). The largest absolute Gasteiger partial charge is 0.481 e. The third kappa shape index (κ3) is 4.69. The molecule has 0 fully saturated rings. The monoisotopic (exact) mass is 401 g/mol. The molecular formula is C18H25Cl2N3O3. The molecule has 0 amide bonds. The van der Waals surface area contributed by atoms with Gasteiger partial charge in [0, 0.05) is 30.6 Å². The van der Waals surface area contributed by atoms with Crippen LogP contribution in [-0.4, -0.2) is 29.1 Å². The van der Waals surface area contributed by atoms with Gasteiger partial charge in [-0.1, -0.05) is 19.1 Å². The second-order valence-corrected chi connectivity index (χ2v) is 6.29.